The molecule has 1 spiro atoms. The molecule has 0 bridgehead atoms. The van der Waals surface area contributed by atoms with Gasteiger partial charge in [-0.05, 0) is 42.0 Å². The smallest absolute Gasteiger partial charge is 0.303 e. The maximum absolute atomic E-state index is 12.0. The molecule has 37 heavy (non-hydrogen) atoms. The van der Waals surface area contributed by atoms with Gasteiger partial charge in [-0.1, -0.05) is 31.2 Å². The monoisotopic (exact) mass is 525 g/mol. The number of ether oxygens (including phenoxy) is 3. The van der Waals surface area contributed by atoms with Crippen LogP contribution in [0.5, 0.6) is 0 Å². The van der Waals surface area contributed by atoms with E-state index in [2.05, 4.69) is 44.1 Å². The van der Waals surface area contributed by atoms with Gasteiger partial charge in [-0.15, -0.1) is 0 Å². The van der Waals surface area contributed by atoms with Crippen molar-refractivity contribution in [2.45, 2.75) is 64.6 Å². The molecule has 2 saturated heterocycles. The van der Waals surface area contributed by atoms with Crippen molar-refractivity contribution in [2.24, 2.45) is 5.41 Å². The van der Waals surface area contributed by atoms with Crippen molar-refractivity contribution >= 4 is 40.5 Å². The van der Waals surface area contributed by atoms with E-state index in [4.69, 9.17) is 25.8 Å². The highest BCUT2D eigenvalue weighted by atomic mass is 35.5. The molecule has 0 saturated carbocycles. The maximum Gasteiger partial charge on any atom is 0.303 e. The van der Waals surface area contributed by atoms with Gasteiger partial charge in [-0.2, -0.15) is 9.97 Å². The second-order valence-electron chi connectivity index (χ2n) is 10.2. The number of hydrogen-bond acceptors (Lipinski definition) is 9. The molecule has 0 radical (unpaired) electrons. The Morgan fingerprint density at radius 3 is 2.35 bits per heavy atom. The summed E-state index contributed by atoms with van der Waals surface area (Å²) in [5.41, 5.74) is 4.08. The second kappa shape index (κ2) is 8.95. The minimum atomic E-state index is -0.870. The number of fused-ring (bicyclic) bond motifs is 2. The lowest BCUT2D eigenvalue weighted by Crippen LogP contribution is -2.57. The third kappa shape index (κ3) is 4.12. The number of anilines is 1. The molecule has 3 aromatic rings. The highest BCUT2D eigenvalue weighted by molar-refractivity contribution is 6.28. The van der Waals surface area contributed by atoms with Crippen LogP contribution in [-0.2, 0) is 36.6 Å². The van der Waals surface area contributed by atoms with E-state index in [0.717, 1.165) is 25.9 Å². The maximum atomic E-state index is 12.0. The third-order valence-electron chi connectivity index (χ3n) is 7.54. The summed E-state index contributed by atoms with van der Waals surface area (Å²) in [6.07, 6.45) is 1.34. The third-order valence-corrected chi connectivity index (χ3v) is 7.71. The summed E-state index contributed by atoms with van der Waals surface area (Å²) < 4.78 is 19.0. The lowest BCUT2D eigenvalue weighted by atomic mass is 9.77. The van der Waals surface area contributed by atoms with Crippen LogP contribution in [0.15, 0.2) is 30.6 Å². The topological polar surface area (TPSA) is 109 Å². The molecule has 0 N–H and O–H groups in total. The largest absolute Gasteiger partial charge is 0.456 e. The van der Waals surface area contributed by atoms with E-state index in [9.17, 15) is 9.59 Å². The molecule has 1 unspecified atom stereocenters. The van der Waals surface area contributed by atoms with Crippen molar-refractivity contribution in [3.63, 3.8) is 0 Å². The van der Waals surface area contributed by atoms with Gasteiger partial charge in [0.2, 0.25) is 5.28 Å². The van der Waals surface area contributed by atoms with Gasteiger partial charge in [0.1, 0.15) is 6.10 Å². The van der Waals surface area contributed by atoms with E-state index in [0.29, 0.717) is 23.4 Å². The zero-order valence-electron chi connectivity index (χ0n) is 20.9. The second-order valence-corrected chi connectivity index (χ2v) is 10.6. The van der Waals surface area contributed by atoms with Crippen molar-refractivity contribution in [1.29, 1.82) is 0 Å². The van der Waals surface area contributed by atoms with Gasteiger partial charge in [0.15, 0.2) is 35.4 Å². The van der Waals surface area contributed by atoms with Crippen LogP contribution in [0.4, 0.5) is 5.82 Å². The van der Waals surface area contributed by atoms with Gasteiger partial charge in [-0.25, -0.2) is 4.98 Å². The summed E-state index contributed by atoms with van der Waals surface area (Å²) in [6, 6.07) is 8.61. The summed E-state index contributed by atoms with van der Waals surface area (Å²) in [7, 11) is 0. The van der Waals surface area contributed by atoms with E-state index in [1.54, 1.807) is 10.9 Å². The van der Waals surface area contributed by atoms with Gasteiger partial charge >= 0.3 is 11.9 Å². The quantitative estimate of drug-likeness (QED) is 0.366. The van der Waals surface area contributed by atoms with E-state index >= 15 is 0 Å². The molecule has 2 aromatic heterocycles. The zero-order chi connectivity index (χ0) is 25.9. The lowest BCUT2D eigenvalue weighted by molar-refractivity contribution is -0.165. The van der Waals surface area contributed by atoms with Crippen molar-refractivity contribution in [1.82, 2.24) is 19.5 Å². The highest BCUT2D eigenvalue weighted by Gasteiger charge is 2.51. The number of aromatic nitrogens is 4. The van der Waals surface area contributed by atoms with Crippen LogP contribution >= 0.6 is 11.6 Å². The first kappa shape index (κ1) is 24.1. The molecule has 2 fully saturated rings. The van der Waals surface area contributed by atoms with Crippen LogP contribution < -0.4 is 4.90 Å². The van der Waals surface area contributed by atoms with Crippen molar-refractivity contribution < 1.29 is 23.8 Å². The van der Waals surface area contributed by atoms with Crippen LogP contribution in [0.25, 0.3) is 11.2 Å². The van der Waals surface area contributed by atoms with Gasteiger partial charge < -0.3 is 19.1 Å². The molecule has 4 atom stereocenters. The van der Waals surface area contributed by atoms with E-state index in [-0.39, 0.29) is 10.7 Å². The minimum absolute atomic E-state index is 0.0884. The van der Waals surface area contributed by atoms with Crippen LogP contribution in [0.1, 0.15) is 44.5 Å². The molecule has 11 heteroatoms. The SMILES string of the molecule is CC[C@H]1O[C@@H](n2cnc3c(N4CC5(Cc6ccccc6C5)C4)nc(Cl)nc32)[C@@H](OC(C)=O)C1OC(C)=O. The first-order chi connectivity index (χ1) is 17.8. The molecule has 2 aliphatic heterocycles. The van der Waals surface area contributed by atoms with E-state index in [1.165, 1.54) is 25.0 Å². The number of carbonyl (C=O) groups is 2. The normalized spacial score (nSPS) is 25.8. The van der Waals surface area contributed by atoms with Gasteiger partial charge in [0.25, 0.3) is 0 Å². The standard InChI is InChI=1S/C26H28ClN5O5/c1-4-18-20(35-14(2)33)21(36-15(3)34)24(37-18)32-13-28-19-22(29-25(27)30-23(19)32)31-11-26(12-31)9-16-7-5-6-8-17(16)10-26/h5-8,13,18,20-21,24H,4,9-12H2,1-3H3/t18-,20?,21+,24-/m1/s1. The number of imidazole rings is 1. The Bertz CT molecular complexity index is 1360. The van der Waals surface area contributed by atoms with Crippen LogP contribution in [0, 0.1) is 5.41 Å². The predicted octanol–water partition coefficient (Wildman–Crippen LogP) is 3.26. The van der Waals surface area contributed by atoms with Crippen molar-refractivity contribution in [2.75, 3.05) is 18.0 Å². The summed E-state index contributed by atoms with van der Waals surface area (Å²) in [5, 5.41) is 0.0884. The van der Waals surface area contributed by atoms with Crippen LogP contribution in [0.3, 0.4) is 0 Å². The summed E-state index contributed by atoms with van der Waals surface area (Å²) in [6.45, 7) is 6.24. The molecule has 194 valence electrons. The van der Waals surface area contributed by atoms with Gasteiger partial charge in [0.05, 0.1) is 6.33 Å². The molecule has 0 amide bonds. The molecular formula is C26H28ClN5O5. The summed E-state index contributed by atoms with van der Waals surface area (Å²) in [5.74, 6) is -0.316. The Morgan fingerprint density at radius 1 is 1.08 bits per heavy atom. The Kier molecular flexibility index (Phi) is 5.83. The number of halogens is 1. The van der Waals surface area contributed by atoms with E-state index < -0.39 is 36.5 Å². The fourth-order valence-corrected chi connectivity index (χ4v) is 6.26. The number of hydrogen-bond donors (Lipinski definition) is 0. The summed E-state index contributed by atoms with van der Waals surface area (Å²) >= 11 is 6.40. The van der Waals surface area contributed by atoms with E-state index in [1.807, 2.05) is 6.92 Å². The van der Waals surface area contributed by atoms with Crippen molar-refractivity contribution in [3.05, 3.63) is 47.0 Å². The highest BCUT2D eigenvalue weighted by Crippen LogP contribution is 2.46. The molecule has 1 aliphatic carbocycles. The number of nitrogens with zero attached hydrogens (tertiary/aromatic N) is 5. The van der Waals surface area contributed by atoms with Crippen LogP contribution in [-0.4, -0.2) is 62.9 Å². The summed E-state index contributed by atoms with van der Waals surface area (Å²) in [4.78, 5) is 39.5. The molecule has 1 aromatic carbocycles. The van der Waals surface area contributed by atoms with Gasteiger partial charge in [0, 0.05) is 32.4 Å². The fraction of sp³-hybridized carbons (Fsp3) is 0.500. The number of esters is 2. The Balaban J connectivity index is 1.31. The minimum Gasteiger partial charge on any atom is -0.456 e. The molecule has 4 heterocycles. The zero-order valence-corrected chi connectivity index (χ0v) is 21.6. The first-order valence-electron chi connectivity index (χ1n) is 12.5. The fourth-order valence-electron chi connectivity index (χ4n) is 6.10. The number of rotatable bonds is 5. The van der Waals surface area contributed by atoms with Crippen molar-refractivity contribution in [3.8, 4) is 0 Å². The van der Waals surface area contributed by atoms with Gasteiger partial charge in [-0.3, -0.25) is 14.2 Å². The van der Waals surface area contributed by atoms with Crippen LogP contribution in [0.2, 0.25) is 5.28 Å². The number of benzene rings is 1. The Hall–Kier alpha value is -3.24. The molecule has 3 aliphatic rings. The average Bonchev–Trinajstić information content (AvgIpc) is 3.51. The number of carbonyl (C=O) groups excluding carboxylic acids is 2. The molecule has 6 rings (SSSR count). The molecule has 10 nitrogen and oxygen atoms in total. The predicted molar refractivity (Wildman–Crippen MR) is 134 cm³/mol. The Morgan fingerprint density at radius 2 is 1.73 bits per heavy atom. The first-order valence-corrected chi connectivity index (χ1v) is 12.9. The lowest BCUT2D eigenvalue weighted by Gasteiger charge is -2.49. The Labute approximate surface area is 218 Å². The molecular weight excluding hydrogens is 498 g/mol. The average molecular weight is 526 g/mol.